The molecule has 6 nitrogen and oxygen atoms in total. The van der Waals surface area contributed by atoms with Gasteiger partial charge in [-0.2, -0.15) is 13.7 Å². The molecule has 0 aliphatic heterocycles. The molecule has 0 saturated heterocycles. The molecule has 24 heavy (non-hydrogen) atoms. The lowest BCUT2D eigenvalue weighted by Crippen LogP contribution is -2.05. The number of nitriles is 1. The van der Waals surface area contributed by atoms with E-state index in [4.69, 9.17) is 0 Å². The minimum absolute atomic E-state index is 0.0785. The number of hydrogen-bond acceptors (Lipinski definition) is 5. The van der Waals surface area contributed by atoms with Gasteiger partial charge in [-0.3, -0.25) is 4.55 Å². The van der Waals surface area contributed by atoms with Gasteiger partial charge in [0, 0.05) is 0 Å². The zero-order valence-electron chi connectivity index (χ0n) is 12.5. The Morgan fingerprint density at radius 1 is 1.04 bits per heavy atom. The summed E-state index contributed by atoms with van der Waals surface area (Å²) in [6.07, 6.45) is 0.929. The Balaban J connectivity index is 2.64. The summed E-state index contributed by atoms with van der Waals surface area (Å²) in [6.45, 7) is 1.79. The van der Waals surface area contributed by atoms with Gasteiger partial charge in [0.15, 0.2) is 0 Å². The van der Waals surface area contributed by atoms with E-state index in [1.54, 1.807) is 25.1 Å². The lowest BCUT2D eigenvalue weighted by molar-refractivity contribution is 0.483. The number of aryl methyl sites for hydroxylation is 1. The molecule has 2 aromatic rings. The van der Waals surface area contributed by atoms with Crippen LogP contribution in [-0.4, -0.2) is 21.4 Å². The molecule has 0 spiro atoms. The summed E-state index contributed by atoms with van der Waals surface area (Å²) in [5.41, 5.74) is 0.764. The van der Waals surface area contributed by atoms with Gasteiger partial charge >= 0.3 is 0 Å². The first-order valence-corrected chi connectivity index (χ1v) is 9.58. The van der Waals surface area contributed by atoms with E-state index in [1.165, 1.54) is 30.3 Å². The van der Waals surface area contributed by atoms with Crippen LogP contribution in [0.2, 0.25) is 0 Å². The lowest BCUT2D eigenvalue weighted by Gasteiger charge is -2.06. The molecular weight excluding hydrogens is 350 g/mol. The Morgan fingerprint density at radius 3 is 2.17 bits per heavy atom. The van der Waals surface area contributed by atoms with Gasteiger partial charge in [0.25, 0.3) is 10.1 Å². The van der Waals surface area contributed by atoms with E-state index in [2.05, 4.69) is 0 Å². The maximum atomic E-state index is 12.5. The molecule has 0 unspecified atom stereocenters. The van der Waals surface area contributed by atoms with Crippen LogP contribution in [-0.2, 0) is 20.0 Å². The number of rotatable bonds is 4. The lowest BCUT2D eigenvalue weighted by atomic mass is 10.2. The van der Waals surface area contributed by atoms with Crippen molar-refractivity contribution >= 4 is 26.0 Å². The molecule has 0 aliphatic rings. The molecule has 124 valence electrons. The molecule has 0 radical (unpaired) electrons. The number of benzene rings is 2. The van der Waals surface area contributed by atoms with Crippen molar-refractivity contribution in [1.29, 1.82) is 5.26 Å². The normalized spacial score (nSPS) is 12.6. The molecule has 0 aliphatic carbocycles. The minimum Gasteiger partial charge on any atom is -0.282 e. The SMILES string of the molecule is Cc1ccc(S(=O)(=O)C(C#N)=Cc2ccccc2S(=O)(=O)O)cc1. The number of nitrogens with zero attached hydrogens (tertiary/aromatic N) is 1. The molecular formula is C16H13NO5S2. The van der Waals surface area contributed by atoms with Crippen molar-refractivity contribution in [2.24, 2.45) is 0 Å². The summed E-state index contributed by atoms with van der Waals surface area (Å²) >= 11 is 0. The maximum Gasteiger partial charge on any atom is 0.295 e. The van der Waals surface area contributed by atoms with Crippen LogP contribution in [0.15, 0.2) is 63.2 Å². The number of allylic oxidation sites excluding steroid dienone is 1. The molecule has 0 bridgehead atoms. The van der Waals surface area contributed by atoms with Gasteiger partial charge in [-0.05, 0) is 36.8 Å². The summed E-state index contributed by atoms with van der Waals surface area (Å²) in [4.78, 5) is -1.18. The Morgan fingerprint density at radius 2 is 1.62 bits per heavy atom. The molecule has 0 aromatic heterocycles. The highest BCUT2D eigenvalue weighted by molar-refractivity contribution is 7.95. The zero-order chi connectivity index (χ0) is 18.0. The average molecular weight is 363 g/mol. The topological polar surface area (TPSA) is 112 Å². The van der Waals surface area contributed by atoms with Crippen LogP contribution in [0.25, 0.3) is 6.08 Å². The van der Waals surface area contributed by atoms with Crippen LogP contribution in [0, 0.1) is 18.3 Å². The van der Waals surface area contributed by atoms with Gasteiger partial charge in [0.05, 0.1) is 4.90 Å². The molecule has 0 amide bonds. The first-order valence-electron chi connectivity index (χ1n) is 6.66. The fraction of sp³-hybridized carbons (Fsp3) is 0.0625. The summed E-state index contributed by atoms with van der Waals surface area (Å²) in [7, 11) is -8.66. The molecule has 2 aromatic carbocycles. The third-order valence-corrected chi connectivity index (χ3v) is 5.82. The summed E-state index contributed by atoms with van der Waals surface area (Å²) in [6, 6.07) is 12.8. The molecule has 0 saturated carbocycles. The van der Waals surface area contributed by atoms with Crippen LogP contribution in [0.4, 0.5) is 0 Å². The molecule has 0 atom stereocenters. The second-order valence-corrected chi connectivity index (χ2v) is 8.26. The van der Waals surface area contributed by atoms with Gasteiger partial charge in [0.1, 0.15) is 15.9 Å². The van der Waals surface area contributed by atoms with E-state index in [-0.39, 0.29) is 10.5 Å². The smallest absolute Gasteiger partial charge is 0.282 e. The Hall–Kier alpha value is -2.47. The largest absolute Gasteiger partial charge is 0.295 e. The first kappa shape index (κ1) is 17.9. The predicted molar refractivity (Wildman–Crippen MR) is 88.2 cm³/mol. The van der Waals surface area contributed by atoms with Gasteiger partial charge in [-0.25, -0.2) is 8.42 Å². The first-order chi connectivity index (χ1) is 11.2. The Kier molecular flexibility index (Phi) is 4.89. The van der Waals surface area contributed by atoms with Crippen LogP contribution >= 0.6 is 0 Å². The number of sulfone groups is 1. The van der Waals surface area contributed by atoms with E-state index in [0.29, 0.717) is 0 Å². The molecule has 0 fully saturated rings. The zero-order valence-corrected chi connectivity index (χ0v) is 14.2. The fourth-order valence-corrected chi connectivity index (χ4v) is 3.82. The molecule has 0 heterocycles. The standard InChI is InChI=1S/C16H13NO5S2/c1-12-6-8-14(9-7-12)23(18,19)15(11-17)10-13-4-2-3-5-16(13)24(20,21)22/h2-10H,1H3,(H,20,21,22). The third-order valence-electron chi connectivity index (χ3n) is 3.21. The second kappa shape index (κ2) is 6.57. The molecule has 8 heteroatoms. The molecule has 1 N–H and O–H groups in total. The summed E-state index contributed by atoms with van der Waals surface area (Å²) in [5.74, 6) is 0. The van der Waals surface area contributed by atoms with Crippen molar-refractivity contribution in [2.75, 3.05) is 0 Å². The van der Waals surface area contributed by atoms with E-state index in [9.17, 15) is 26.7 Å². The van der Waals surface area contributed by atoms with Gasteiger partial charge in [-0.15, -0.1) is 0 Å². The van der Waals surface area contributed by atoms with E-state index in [1.807, 2.05) is 0 Å². The van der Waals surface area contributed by atoms with Crippen LogP contribution in [0.3, 0.4) is 0 Å². The number of hydrogen-bond donors (Lipinski definition) is 1. The van der Waals surface area contributed by atoms with Crippen molar-refractivity contribution < 1.29 is 21.4 Å². The maximum absolute atomic E-state index is 12.5. The Labute approximate surface area is 140 Å². The van der Waals surface area contributed by atoms with Crippen molar-refractivity contribution in [3.8, 4) is 6.07 Å². The van der Waals surface area contributed by atoms with Crippen LogP contribution in [0.5, 0.6) is 0 Å². The van der Waals surface area contributed by atoms with Crippen molar-refractivity contribution in [2.45, 2.75) is 16.7 Å². The van der Waals surface area contributed by atoms with E-state index in [0.717, 1.165) is 17.7 Å². The fourth-order valence-electron chi connectivity index (χ4n) is 1.99. The highest BCUT2D eigenvalue weighted by atomic mass is 32.2. The minimum atomic E-state index is -4.55. The van der Waals surface area contributed by atoms with Crippen molar-refractivity contribution in [1.82, 2.24) is 0 Å². The highest BCUT2D eigenvalue weighted by Gasteiger charge is 2.22. The third kappa shape index (κ3) is 3.71. The average Bonchev–Trinajstić information content (AvgIpc) is 2.52. The summed E-state index contributed by atoms with van der Waals surface area (Å²) in [5, 5.41) is 9.22. The highest BCUT2D eigenvalue weighted by Crippen LogP contribution is 2.24. The van der Waals surface area contributed by atoms with Crippen molar-refractivity contribution in [3.63, 3.8) is 0 Å². The van der Waals surface area contributed by atoms with Gasteiger partial charge < -0.3 is 0 Å². The van der Waals surface area contributed by atoms with Gasteiger partial charge in [0.2, 0.25) is 9.84 Å². The van der Waals surface area contributed by atoms with Crippen LogP contribution in [0.1, 0.15) is 11.1 Å². The van der Waals surface area contributed by atoms with Crippen molar-refractivity contribution in [3.05, 3.63) is 64.6 Å². The summed E-state index contributed by atoms with van der Waals surface area (Å²) < 4.78 is 57.0. The van der Waals surface area contributed by atoms with Crippen LogP contribution < -0.4 is 0 Å². The van der Waals surface area contributed by atoms with Gasteiger partial charge in [-0.1, -0.05) is 35.9 Å². The quantitative estimate of drug-likeness (QED) is 0.660. The second-order valence-electron chi connectivity index (χ2n) is 4.95. The molecule has 2 rings (SSSR count). The monoisotopic (exact) mass is 363 g/mol. The van der Waals surface area contributed by atoms with E-state index >= 15 is 0 Å². The van der Waals surface area contributed by atoms with E-state index < -0.39 is 29.8 Å². The Bertz CT molecular complexity index is 1040. The predicted octanol–water partition coefficient (Wildman–Crippen LogP) is 2.58.